The van der Waals surface area contributed by atoms with E-state index in [4.69, 9.17) is 0 Å². The Balaban J connectivity index is 2.06. The molecule has 17 heavy (non-hydrogen) atoms. The zero-order valence-corrected chi connectivity index (χ0v) is 9.35. The third-order valence-corrected chi connectivity index (χ3v) is 2.66. The maximum atomic E-state index is 4.25. The van der Waals surface area contributed by atoms with Crippen LogP contribution in [0, 0.1) is 0 Å². The number of benzene rings is 1. The number of hydrogen-bond acceptors (Lipinski definition) is 3. The zero-order chi connectivity index (χ0) is 11.7. The monoisotopic (exact) mass is 225 g/mol. The number of fused-ring (bicyclic) bond motifs is 1. The van der Waals surface area contributed by atoms with Crippen molar-refractivity contribution in [3.63, 3.8) is 0 Å². The van der Waals surface area contributed by atoms with Gasteiger partial charge in [-0.05, 0) is 6.07 Å². The molecule has 0 fully saturated rings. The molecule has 0 amide bonds. The van der Waals surface area contributed by atoms with E-state index in [1.54, 1.807) is 17.3 Å². The summed E-state index contributed by atoms with van der Waals surface area (Å²) in [6, 6.07) is 8.23. The third-order valence-electron chi connectivity index (χ3n) is 2.66. The van der Waals surface area contributed by atoms with Gasteiger partial charge in [0.15, 0.2) is 0 Å². The summed E-state index contributed by atoms with van der Waals surface area (Å²) < 4.78 is 3.66. The normalized spacial score (nSPS) is 11.6. The zero-order valence-electron chi connectivity index (χ0n) is 9.35. The van der Waals surface area contributed by atoms with E-state index in [0.717, 1.165) is 5.56 Å². The van der Waals surface area contributed by atoms with Crippen molar-refractivity contribution in [2.75, 3.05) is 0 Å². The molecule has 0 saturated heterocycles. The van der Waals surface area contributed by atoms with Gasteiger partial charge in [-0.2, -0.15) is 5.10 Å². The molecule has 3 rings (SSSR count). The Morgan fingerprint density at radius 3 is 2.76 bits per heavy atom. The van der Waals surface area contributed by atoms with Crippen LogP contribution in [0.5, 0.6) is 0 Å². The Morgan fingerprint density at radius 2 is 1.94 bits per heavy atom. The van der Waals surface area contributed by atoms with Crippen LogP contribution in [0.3, 0.4) is 0 Å². The second-order valence-electron chi connectivity index (χ2n) is 3.80. The van der Waals surface area contributed by atoms with Crippen molar-refractivity contribution in [2.45, 2.75) is 0 Å². The van der Waals surface area contributed by atoms with Crippen molar-refractivity contribution in [2.24, 2.45) is 12.1 Å². The largest absolute Gasteiger partial charge is 0.350 e. The molecule has 2 aromatic heterocycles. The molecule has 0 aliphatic carbocycles. The lowest BCUT2D eigenvalue weighted by molar-refractivity contribution is 0.878. The minimum Gasteiger partial charge on any atom is -0.350 e. The first-order valence-corrected chi connectivity index (χ1v) is 5.27. The first kappa shape index (κ1) is 9.77. The molecule has 0 radical (unpaired) electrons. The average molecular weight is 225 g/mol. The van der Waals surface area contributed by atoms with Crippen LogP contribution in [-0.4, -0.2) is 25.7 Å². The number of hydrogen-bond donors (Lipinski definition) is 0. The second kappa shape index (κ2) is 3.86. The molecule has 0 spiro atoms. The van der Waals surface area contributed by atoms with E-state index in [9.17, 15) is 0 Å². The third kappa shape index (κ3) is 1.71. The van der Waals surface area contributed by atoms with Gasteiger partial charge in [-0.1, -0.05) is 18.2 Å². The molecule has 5 heteroatoms. The Bertz CT molecular complexity index is 663. The topological polar surface area (TPSA) is 48.0 Å². The Kier molecular flexibility index (Phi) is 2.22. The summed E-state index contributed by atoms with van der Waals surface area (Å²) in [5, 5.41) is 12.8. The summed E-state index contributed by atoms with van der Waals surface area (Å²) >= 11 is 0. The van der Waals surface area contributed by atoms with Crippen molar-refractivity contribution in [3.05, 3.63) is 48.7 Å². The van der Waals surface area contributed by atoms with Crippen LogP contribution in [0.2, 0.25) is 0 Å². The lowest BCUT2D eigenvalue weighted by Gasteiger charge is -1.93. The van der Waals surface area contributed by atoms with Gasteiger partial charge in [-0.15, -0.1) is 10.2 Å². The average Bonchev–Trinajstić information content (AvgIpc) is 2.96. The molecule has 0 saturated carbocycles. The predicted molar refractivity (Wildman–Crippen MR) is 65.9 cm³/mol. The molecule has 5 nitrogen and oxygen atoms in total. The summed E-state index contributed by atoms with van der Waals surface area (Å²) in [7, 11) is 2.03. The lowest BCUT2D eigenvalue weighted by Crippen LogP contribution is -1.86. The van der Waals surface area contributed by atoms with E-state index < -0.39 is 0 Å². The van der Waals surface area contributed by atoms with Gasteiger partial charge >= 0.3 is 0 Å². The molecular formula is C12H11N5. The minimum atomic E-state index is 1.08. The number of aryl methyl sites for hydroxylation is 1. The number of aromatic nitrogens is 4. The molecule has 3 aromatic rings. The summed E-state index contributed by atoms with van der Waals surface area (Å²) in [6.07, 6.45) is 6.98. The Hall–Kier alpha value is -2.43. The maximum absolute atomic E-state index is 4.25. The van der Waals surface area contributed by atoms with Crippen LogP contribution in [-0.2, 0) is 7.05 Å². The van der Waals surface area contributed by atoms with Gasteiger partial charge in [-0.25, -0.2) is 4.68 Å². The number of rotatable bonds is 2. The minimum absolute atomic E-state index is 1.08. The maximum Gasteiger partial charge on any atom is 0.141 e. The number of para-hydroxylation sites is 1. The van der Waals surface area contributed by atoms with Crippen molar-refractivity contribution in [1.29, 1.82) is 0 Å². The van der Waals surface area contributed by atoms with Gasteiger partial charge < -0.3 is 4.57 Å². The summed E-state index contributed by atoms with van der Waals surface area (Å²) in [5.74, 6) is 0. The van der Waals surface area contributed by atoms with E-state index >= 15 is 0 Å². The highest BCUT2D eigenvalue weighted by Gasteiger charge is 2.02. The van der Waals surface area contributed by atoms with Crippen LogP contribution in [0.15, 0.2) is 48.2 Å². The van der Waals surface area contributed by atoms with Crippen molar-refractivity contribution < 1.29 is 0 Å². The van der Waals surface area contributed by atoms with E-state index in [1.807, 2.05) is 25.4 Å². The van der Waals surface area contributed by atoms with Crippen LogP contribution < -0.4 is 0 Å². The van der Waals surface area contributed by atoms with Gasteiger partial charge in [0.25, 0.3) is 0 Å². The molecule has 1 aromatic carbocycles. The fraction of sp³-hybridized carbons (Fsp3) is 0.0833. The van der Waals surface area contributed by atoms with Gasteiger partial charge in [-0.3, -0.25) is 0 Å². The fourth-order valence-corrected chi connectivity index (χ4v) is 1.86. The summed E-state index contributed by atoms with van der Waals surface area (Å²) in [5.41, 5.74) is 2.27. The predicted octanol–water partition coefficient (Wildman–Crippen LogP) is 1.65. The van der Waals surface area contributed by atoms with Crippen molar-refractivity contribution >= 4 is 17.1 Å². The first-order chi connectivity index (χ1) is 8.34. The Morgan fingerprint density at radius 1 is 1.18 bits per heavy atom. The lowest BCUT2D eigenvalue weighted by atomic mass is 10.2. The SMILES string of the molecule is Cn1cc(/C=N/n2cnnc2)c2ccccc21. The van der Waals surface area contributed by atoms with Crippen LogP contribution >= 0.6 is 0 Å². The Labute approximate surface area is 98.0 Å². The van der Waals surface area contributed by atoms with Crippen LogP contribution in [0.4, 0.5) is 0 Å². The highest BCUT2D eigenvalue weighted by atomic mass is 15.4. The van der Waals surface area contributed by atoms with Gasteiger partial charge in [0.1, 0.15) is 12.7 Å². The second-order valence-corrected chi connectivity index (χ2v) is 3.80. The van der Waals surface area contributed by atoms with Gasteiger partial charge in [0.2, 0.25) is 0 Å². The quantitative estimate of drug-likeness (QED) is 0.623. The first-order valence-electron chi connectivity index (χ1n) is 5.27. The van der Waals surface area contributed by atoms with Crippen molar-refractivity contribution in [3.8, 4) is 0 Å². The summed E-state index contributed by atoms with van der Waals surface area (Å²) in [6.45, 7) is 0. The fourth-order valence-electron chi connectivity index (χ4n) is 1.86. The molecule has 0 N–H and O–H groups in total. The molecule has 0 bridgehead atoms. The van der Waals surface area contributed by atoms with Crippen molar-refractivity contribution in [1.82, 2.24) is 19.4 Å². The number of nitrogens with zero attached hydrogens (tertiary/aromatic N) is 5. The molecule has 2 heterocycles. The highest BCUT2D eigenvalue weighted by Crippen LogP contribution is 2.18. The van der Waals surface area contributed by atoms with Gasteiger partial charge in [0, 0.05) is 29.7 Å². The van der Waals surface area contributed by atoms with E-state index in [1.165, 1.54) is 10.9 Å². The smallest absolute Gasteiger partial charge is 0.141 e. The highest BCUT2D eigenvalue weighted by molar-refractivity contribution is 5.99. The molecule has 0 aliphatic rings. The standard InChI is InChI=1S/C12H11N5/c1-16-7-10(6-15-17-8-13-14-9-17)11-4-2-3-5-12(11)16/h2-9H,1H3/b15-6+. The van der Waals surface area contributed by atoms with E-state index in [2.05, 4.69) is 38.2 Å². The van der Waals surface area contributed by atoms with Crippen LogP contribution in [0.25, 0.3) is 10.9 Å². The molecule has 0 atom stereocenters. The molecule has 84 valence electrons. The summed E-state index contributed by atoms with van der Waals surface area (Å²) in [4.78, 5) is 0. The molecule has 0 unspecified atom stereocenters. The van der Waals surface area contributed by atoms with Gasteiger partial charge in [0.05, 0.1) is 6.21 Å². The van der Waals surface area contributed by atoms with Crippen LogP contribution in [0.1, 0.15) is 5.56 Å². The van der Waals surface area contributed by atoms with E-state index in [-0.39, 0.29) is 0 Å². The molecule has 0 aliphatic heterocycles. The van der Waals surface area contributed by atoms with E-state index in [0.29, 0.717) is 0 Å². The molecular weight excluding hydrogens is 214 g/mol.